The maximum Gasteiger partial charge on any atom is 0.407 e. The molecule has 0 saturated carbocycles. The van der Waals surface area contributed by atoms with E-state index in [0.717, 1.165) is 102 Å². The Morgan fingerprint density at radius 1 is 0.797 bits per heavy atom. The smallest absolute Gasteiger partial charge is 0.372 e. The molecule has 0 spiro atoms. The lowest BCUT2D eigenvalue weighted by Crippen LogP contribution is -2.52. The molecule has 8 heterocycles. The molecule has 3 aromatic rings. The topological polar surface area (TPSA) is 142 Å². The zero-order valence-electron chi connectivity index (χ0n) is 35.9. The van der Waals surface area contributed by atoms with Crippen LogP contribution < -0.4 is 25.3 Å². The van der Waals surface area contributed by atoms with Crippen LogP contribution in [0.1, 0.15) is 66.6 Å². The highest BCUT2D eigenvalue weighted by molar-refractivity contribution is 6.05. The number of hydrogen-bond donors (Lipinski definition) is 2. The van der Waals surface area contributed by atoms with Gasteiger partial charge >= 0.3 is 6.18 Å². The molecule has 6 aliphatic rings. The molecule has 2 N–H and O–H groups in total. The van der Waals surface area contributed by atoms with Crippen LogP contribution in [-0.4, -0.2) is 133 Å². The number of imide groups is 1. The van der Waals surface area contributed by atoms with E-state index in [-0.39, 0.29) is 36.6 Å². The summed E-state index contributed by atoms with van der Waals surface area (Å²) in [6, 6.07) is 10.7. The van der Waals surface area contributed by atoms with Crippen molar-refractivity contribution in [1.82, 2.24) is 30.0 Å². The fourth-order valence-corrected chi connectivity index (χ4v) is 10.4. The maximum absolute atomic E-state index is 13.5. The Kier molecular flexibility index (Phi) is 12.5. The van der Waals surface area contributed by atoms with Crippen LogP contribution in [-0.2, 0) is 27.1 Å². The lowest BCUT2D eigenvalue weighted by atomic mass is 9.95. The number of nitrogens with one attached hydrogen (secondary N) is 2. The van der Waals surface area contributed by atoms with E-state index < -0.39 is 29.4 Å². The predicted molar refractivity (Wildman–Crippen MR) is 234 cm³/mol. The van der Waals surface area contributed by atoms with Crippen molar-refractivity contribution in [3.8, 4) is 0 Å². The van der Waals surface area contributed by atoms with E-state index >= 15 is 0 Å². The molecular weight excluding hydrogens is 828 g/mol. The van der Waals surface area contributed by atoms with Gasteiger partial charge in [0.25, 0.3) is 5.91 Å². The van der Waals surface area contributed by atoms with Crippen molar-refractivity contribution >= 4 is 52.3 Å². The van der Waals surface area contributed by atoms with E-state index in [2.05, 4.69) is 40.1 Å². The molecule has 6 aliphatic heterocycles. The zero-order chi connectivity index (χ0) is 44.5. The number of carbonyl (C=O) groups is 4. The van der Waals surface area contributed by atoms with Crippen molar-refractivity contribution in [2.45, 2.75) is 63.7 Å². The first kappa shape index (κ1) is 43.5. The van der Waals surface area contributed by atoms with Crippen LogP contribution >= 0.6 is 0 Å². The lowest BCUT2D eigenvalue weighted by Gasteiger charge is -2.40. The Labute approximate surface area is 370 Å². The number of rotatable bonds is 10. The van der Waals surface area contributed by atoms with Gasteiger partial charge in [-0.05, 0) is 86.8 Å². The summed E-state index contributed by atoms with van der Waals surface area (Å²) in [5.74, 6) is 1.21. The monoisotopic (exact) mass is 881 g/mol. The summed E-state index contributed by atoms with van der Waals surface area (Å²) in [7, 11) is 0. The highest BCUT2D eigenvalue weighted by Gasteiger charge is 2.41. The van der Waals surface area contributed by atoms with Gasteiger partial charge in [0.15, 0.2) is 5.69 Å². The summed E-state index contributed by atoms with van der Waals surface area (Å²) in [5, 5.41) is 5.29. The van der Waals surface area contributed by atoms with E-state index in [0.29, 0.717) is 67.0 Å². The number of carbonyl (C=O) groups excluding carboxylic acids is 4. The van der Waals surface area contributed by atoms with E-state index in [1.165, 1.54) is 12.1 Å². The van der Waals surface area contributed by atoms with Crippen molar-refractivity contribution in [2.75, 3.05) is 98.6 Å². The molecule has 0 bridgehead atoms. The molecule has 0 radical (unpaired) electrons. The normalized spacial score (nSPS) is 23.1. The van der Waals surface area contributed by atoms with Gasteiger partial charge in [0, 0.05) is 96.6 Å². The third kappa shape index (κ3) is 9.51. The molecule has 15 nitrogen and oxygen atoms in total. The second kappa shape index (κ2) is 18.4. The number of piperidine rings is 3. The first-order valence-corrected chi connectivity index (χ1v) is 22.6. The quantitative estimate of drug-likeness (QED) is 0.210. The van der Waals surface area contributed by atoms with Crippen LogP contribution in [0.3, 0.4) is 0 Å². The zero-order valence-corrected chi connectivity index (χ0v) is 35.9. The number of fused-ring (bicyclic) bond motifs is 1. The van der Waals surface area contributed by atoms with Crippen molar-refractivity contribution in [2.24, 2.45) is 17.8 Å². The molecule has 2 aromatic heterocycles. The Hall–Kier alpha value is -5.80. The number of halogens is 3. The third-order valence-corrected chi connectivity index (χ3v) is 14.1. The number of hydrogen-bond acceptors (Lipinski definition) is 11. The Balaban J connectivity index is 0.665. The van der Waals surface area contributed by atoms with Crippen molar-refractivity contribution in [3.05, 3.63) is 76.9 Å². The fourth-order valence-electron chi connectivity index (χ4n) is 10.4. The lowest BCUT2D eigenvalue weighted by molar-refractivity contribution is -0.138. The Morgan fingerprint density at radius 2 is 1.45 bits per heavy atom. The number of amides is 4. The first-order chi connectivity index (χ1) is 30.9. The molecule has 9 rings (SSSR count). The highest BCUT2D eigenvalue weighted by atomic mass is 19.4. The van der Waals surface area contributed by atoms with E-state index in [1.54, 1.807) is 4.90 Å². The molecule has 18 heteroatoms. The molecule has 4 amide bonds. The second-order valence-electron chi connectivity index (χ2n) is 18.2. The molecule has 1 aromatic carbocycles. The molecule has 338 valence electrons. The largest absolute Gasteiger partial charge is 0.407 e. The van der Waals surface area contributed by atoms with E-state index in [1.807, 2.05) is 35.4 Å². The average molecular weight is 882 g/mol. The van der Waals surface area contributed by atoms with Gasteiger partial charge in [-0.25, -0.2) is 14.8 Å². The van der Waals surface area contributed by atoms with Gasteiger partial charge < -0.3 is 34.7 Å². The molecule has 2 atom stereocenters. The van der Waals surface area contributed by atoms with Crippen molar-refractivity contribution in [3.63, 3.8) is 0 Å². The number of benzene rings is 1. The molecule has 0 aliphatic carbocycles. The third-order valence-electron chi connectivity index (χ3n) is 14.1. The number of aromatic nitrogens is 2. The predicted octanol–water partition coefficient (Wildman–Crippen LogP) is 5.02. The minimum absolute atomic E-state index is 0.140. The number of anilines is 4. The summed E-state index contributed by atoms with van der Waals surface area (Å²) < 4.78 is 40.5. The van der Waals surface area contributed by atoms with Crippen molar-refractivity contribution in [1.29, 1.82) is 0 Å². The summed E-state index contributed by atoms with van der Waals surface area (Å²) >= 11 is 0. The minimum atomic E-state index is -4.61. The van der Waals surface area contributed by atoms with E-state index in [4.69, 9.17) is 11.6 Å². The van der Waals surface area contributed by atoms with Crippen LogP contribution in [0.4, 0.5) is 41.9 Å². The molecule has 5 fully saturated rings. The summed E-state index contributed by atoms with van der Waals surface area (Å²) in [6.07, 6.45) is 2.08. The Morgan fingerprint density at radius 3 is 2.12 bits per heavy atom. The highest BCUT2D eigenvalue weighted by Crippen LogP contribution is 2.39. The molecule has 64 heavy (non-hydrogen) atoms. The summed E-state index contributed by atoms with van der Waals surface area (Å²) in [5.41, 5.74) is 1.32. The van der Waals surface area contributed by atoms with Crippen molar-refractivity contribution < 1.29 is 32.3 Å². The van der Waals surface area contributed by atoms with Gasteiger partial charge in [-0.3, -0.25) is 24.5 Å². The minimum Gasteiger partial charge on any atom is -0.372 e. The fraction of sp³-hybridized carbons (Fsp3) is 0.543. The number of alkyl halides is 3. The van der Waals surface area contributed by atoms with Gasteiger partial charge in [-0.2, -0.15) is 13.2 Å². The average Bonchev–Trinajstić information content (AvgIpc) is 3.90. The van der Waals surface area contributed by atoms with Crippen LogP contribution in [0.25, 0.3) is 4.85 Å². The van der Waals surface area contributed by atoms with Gasteiger partial charge in [0.05, 0.1) is 41.8 Å². The summed E-state index contributed by atoms with van der Waals surface area (Å²) in [6.45, 7) is 18.4. The standard InChI is InChI=1S/C46H54F3N11O4/c1-50-37-5-2-33(24-36(37)46(47,48)49)57-18-13-32(14-19-57)43(62)53-40-7-3-34(25-51-40)58-15-10-30(11-16-58)26-55-20-22-56(23-21-55)27-31-12-17-59(28-31)41-8-4-35-38(52-41)29-60(45(35)64)39-6-9-42(61)54-44(39)63/h2-5,7-8,24-25,30-32,39H,6,9-23,26-29H2,(H,51,53,62)(H,54,61,63)/t31-,39?/m1/s1. The molecule has 5 saturated heterocycles. The molecule has 1 unspecified atom stereocenters. The van der Waals surface area contributed by atoms with Gasteiger partial charge in [0.2, 0.25) is 17.7 Å². The van der Waals surface area contributed by atoms with Crippen LogP contribution in [0, 0.1) is 24.3 Å². The second-order valence-corrected chi connectivity index (χ2v) is 18.2. The number of nitrogens with zero attached hydrogens (tertiary/aromatic N) is 9. The SMILES string of the molecule is [C-]#[N+]c1ccc(N2CCC(C(=O)Nc3ccc(N4CCC(CN5CCN(C[C@H]6CCN(c7ccc8c(n7)CN(C7CCC(=O)NC7=O)C8=O)C6)CC5)CC4)cn3)CC2)cc1C(F)(F)F. The molecular formula is C46H54F3N11O4. The van der Waals surface area contributed by atoms with Crippen LogP contribution in [0.15, 0.2) is 48.7 Å². The van der Waals surface area contributed by atoms with Gasteiger partial charge in [0.1, 0.15) is 17.7 Å². The van der Waals surface area contributed by atoms with Gasteiger partial charge in [-0.15, -0.1) is 0 Å². The summed E-state index contributed by atoms with van der Waals surface area (Å²) in [4.78, 5) is 76.0. The van der Waals surface area contributed by atoms with Gasteiger partial charge in [-0.1, -0.05) is 6.07 Å². The van der Waals surface area contributed by atoms with E-state index in [9.17, 15) is 32.3 Å². The van der Waals surface area contributed by atoms with Crippen LogP contribution in [0.5, 0.6) is 0 Å². The Bertz CT molecular complexity index is 2280. The number of pyridine rings is 2. The first-order valence-electron chi connectivity index (χ1n) is 22.6. The van der Waals surface area contributed by atoms with Crippen LogP contribution in [0.2, 0.25) is 0 Å². The number of piperazine rings is 1. The maximum atomic E-state index is 13.5.